The first-order valence-corrected chi connectivity index (χ1v) is 6.22. The van der Waals surface area contributed by atoms with E-state index in [2.05, 4.69) is 6.58 Å². The number of rotatable bonds is 4. The van der Waals surface area contributed by atoms with Crippen LogP contribution < -0.4 is 0 Å². The van der Waals surface area contributed by atoms with Gasteiger partial charge in [0.1, 0.15) is 0 Å². The monoisotopic (exact) mass is 245 g/mol. The molecule has 2 rings (SSSR count). The van der Waals surface area contributed by atoms with Crippen LogP contribution in [0, 0.1) is 5.41 Å². The standard InChI is InChI=1S/C15H19NO2/c1-4-10-15(3)12(2)16(18-14(15)17)11-13-8-6-5-7-9-13/h4-9,12H,1,10-11H2,2-3H3. The average Bonchev–Trinajstić information content (AvgIpc) is 2.56. The summed E-state index contributed by atoms with van der Waals surface area (Å²) in [6.07, 6.45) is 2.42. The molecule has 0 aliphatic carbocycles. The number of allylic oxidation sites excluding steroid dienone is 1. The summed E-state index contributed by atoms with van der Waals surface area (Å²) in [4.78, 5) is 17.4. The van der Waals surface area contributed by atoms with Crippen LogP contribution in [-0.2, 0) is 16.2 Å². The molecule has 0 saturated carbocycles. The number of carbonyl (C=O) groups is 1. The predicted octanol–water partition coefficient (Wildman–Crippen LogP) is 2.93. The van der Waals surface area contributed by atoms with E-state index in [1.165, 1.54) is 0 Å². The van der Waals surface area contributed by atoms with Crippen molar-refractivity contribution in [2.24, 2.45) is 5.41 Å². The summed E-state index contributed by atoms with van der Waals surface area (Å²) in [7, 11) is 0. The molecule has 1 aromatic rings. The van der Waals surface area contributed by atoms with Crippen LogP contribution in [0.25, 0.3) is 0 Å². The first-order chi connectivity index (χ1) is 8.58. The highest BCUT2D eigenvalue weighted by Crippen LogP contribution is 2.38. The molecule has 2 atom stereocenters. The Morgan fingerprint density at radius 3 is 2.72 bits per heavy atom. The Morgan fingerprint density at radius 2 is 2.11 bits per heavy atom. The van der Waals surface area contributed by atoms with E-state index in [4.69, 9.17) is 4.84 Å². The largest absolute Gasteiger partial charge is 0.367 e. The fourth-order valence-electron chi connectivity index (χ4n) is 2.26. The summed E-state index contributed by atoms with van der Waals surface area (Å²) in [5.74, 6) is -0.161. The predicted molar refractivity (Wildman–Crippen MR) is 70.5 cm³/mol. The summed E-state index contributed by atoms with van der Waals surface area (Å²) in [5.41, 5.74) is 0.649. The first kappa shape index (κ1) is 12.8. The Labute approximate surface area is 108 Å². The molecule has 96 valence electrons. The van der Waals surface area contributed by atoms with E-state index in [1.807, 2.05) is 44.2 Å². The molecule has 0 radical (unpaired) electrons. The lowest BCUT2D eigenvalue weighted by Crippen LogP contribution is -2.36. The highest BCUT2D eigenvalue weighted by Gasteiger charge is 2.50. The molecule has 1 aliphatic heterocycles. The molecule has 1 aromatic carbocycles. The molecule has 3 nitrogen and oxygen atoms in total. The van der Waals surface area contributed by atoms with Crippen molar-refractivity contribution in [2.45, 2.75) is 32.9 Å². The third-order valence-electron chi connectivity index (χ3n) is 3.77. The molecule has 18 heavy (non-hydrogen) atoms. The van der Waals surface area contributed by atoms with Crippen molar-refractivity contribution in [3.8, 4) is 0 Å². The van der Waals surface area contributed by atoms with Crippen molar-refractivity contribution in [1.29, 1.82) is 0 Å². The van der Waals surface area contributed by atoms with E-state index in [0.717, 1.165) is 5.56 Å². The topological polar surface area (TPSA) is 29.5 Å². The fourth-order valence-corrected chi connectivity index (χ4v) is 2.26. The van der Waals surface area contributed by atoms with Gasteiger partial charge in [-0.2, -0.15) is 0 Å². The van der Waals surface area contributed by atoms with Gasteiger partial charge in [-0.15, -0.1) is 11.6 Å². The molecule has 1 fully saturated rings. The maximum absolute atomic E-state index is 12.0. The van der Waals surface area contributed by atoms with Gasteiger partial charge in [0, 0.05) is 0 Å². The van der Waals surface area contributed by atoms with Crippen LogP contribution in [0.2, 0.25) is 0 Å². The molecule has 1 saturated heterocycles. The second-order valence-corrected chi connectivity index (χ2v) is 5.03. The molecule has 0 N–H and O–H groups in total. The minimum atomic E-state index is -0.490. The molecule has 3 heteroatoms. The van der Waals surface area contributed by atoms with Crippen LogP contribution in [0.1, 0.15) is 25.8 Å². The Morgan fingerprint density at radius 1 is 1.44 bits per heavy atom. The lowest BCUT2D eigenvalue weighted by Gasteiger charge is -2.25. The highest BCUT2D eigenvalue weighted by molar-refractivity contribution is 5.79. The van der Waals surface area contributed by atoms with Gasteiger partial charge in [-0.3, -0.25) is 0 Å². The van der Waals surface area contributed by atoms with Crippen LogP contribution in [0.4, 0.5) is 0 Å². The molecule has 1 heterocycles. The average molecular weight is 245 g/mol. The van der Waals surface area contributed by atoms with E-state index in [-0.39, 0.29) is 12.0 Å². The zero-order valence-electron chi connectivity index (χ0n) is 10.9. The van der Waals surface area contributed by atoms with E-state index in [0.29, 0.717) is 13.0 Å². The smallest absolute Gasteiger partial charge is 0.332 e. The van der Waals surface area contributed by atoms with Crippen molar-refractivity contribution in [2.75, 3.05) is 0 Å². The van der Waals surface area contributed by atoms with Gasteiger partial charge in [0.05, 0.1) is 18.0 Å². The van der Waals surface area contributed by atoms with E-state index in [9.17, 15) is 4.79 Å². The zero-order chi connectivity index (χ0) is 13.2. The number of hydrogen-bond donors (Lipinski definition) is 0. The van der Waals surface area contributed by atoms with Gasteiger partial charge in [0.2, 0.25) is 0 Å². The molecule has 0 aromatic heterocycles. The van der Waals surface area contributed by atoms with E-state index in [1.54, 1.807) is 11.1 Å². The Kier molecular flexibility index (Phi) is 3.53. The number of benzene rings is 1. The third-order valence-corrected chi connectivity index (χ3v) is 3.77. The Balaban J connectivity index is 2.13. The lowest BCUT2D eigenvalue weighted by molar-refractivity contribution is -0.177. The molecule has 0 amide bonds. The summed E-state index contributed by atoms with van der Waals surface area (Å²) in [6.45, 7) is 8.31. The van der Waals surface area contributed by atoms with Gasteiger partial charge in [0.15, 0.2) is 0 Å². The highest BCUT2D eigenvalue weighted by atomic mass is 16.7. The van der Waals surface area contributed by atoms with Crippen molar-refractivity contribution in [1.82, 2.24) is 5.06 Å². The van der Waals surface area contributed by atoms with Crippen molar-refractivity contribution in [3.63, 3.8) is 0 Å². The lowest BCUT2D eigenvalue weighted by atomic mass is 9.81. The van der Waals surface area contributed by atoms with E-state index < -0.39 is 5.41 Å². The first-order valence-electron chi connectivity index (χ1n) is 6.22. The quantitative estimate of drug-likeness (QED) is 0.764. The van der Waals surface area contributed by atoms with Crippen LogP contribution in [0.3, 0.4) is 0 Å². The van der Waals surface area contributed by atoms with Gasteiger partial charge in [-0.05, 0) is 25.8 Å². The fraction of sp³-hybridized carbons (Fsp3) is 0.400. The van der Waals surface area contributed by atoms with Crippen LogP contribution in [-0.4, -0.2) is 17.1 Å². The SMILES string of the molecule is C=CCC1(C)C(=O)ON(Cc2ccccc2)C1C. The summed E-state index contributed by atoms with van der Waals surface area (Å²) >= 11 is 0. The van der Waals surface area contributed by atoms with Gasteiger partial charge in [-0.25, -0.2) is 4.79 Å². The van der Waals surface area contributed by atoms with Gasteiger partial charge >= 0.3 is 5.97 Å². The molecule has 0 spiro atoms. The van der Waals surface area contributed by atoms with Crippen molar-refractivity contribution in [3.05, 3.63) is 48.6 Å². The maximum atomic E-state index is 12.0. The second kappa shape index (κ2) is 4.94. The summed E-state index contributed by atoms with van der Waals surface area (Å²) < 4.78 is 0. The molecule has 1 aliphatic rings. The Bertz CT molecular complexity index is 443. The van der Waals surface area contributed by atoms with Crippen LogP contribution in [0.15, 0.2) is 43.0 Å². The number of hydroxylamine groups is 2. The molecular formula is C15H19NO2. The summed E-state index contributed by atoms with van der Waals surface area (Å²) in [6, 6.07) is 10.1. The van der Waals surface area contributed by atoms with Crippen LogP contribution in [0.5, 0.6) is 0 Å². The second-order valence-electron chi connectivity index (χ2n) is 5.03. The summed E-state index contributed by atoms with van der Waals surface area (Å²) in [5, 5.41) is 1.77. The molecule has 0 bridgehead atoms. The maximum Gasteiger partial charge on any atom is 0.332 e. The van der Waals surface area contributed by atoms with Gasteiger partial charge < -0.3 is 4.84 Å². The molecular weight excluding hydrogens is 226 g/mol. The van der Waals surface area contributed by atoms with Crippen molar-refractivity contribution < 1.29 is 9.63 Å². The Hall–Kier alpha value is -1.61. The number of hydrogen-bond acceptors (Lipinski definition) is 3. The van der Waals surface area contributed by atoms with Crippen LogP contribution >= 0.6 is 0 Å². The third kappa shape index (κ3) is 2.18. The molecule has 2 unspecified atom stereocenters. The minimum Gasteiger partial charge on any atom is -0.367 e. The van der Waals surface area contributed by atoms with E-state index >= 15 is 0 Å². The number of carbonyl (C=O) groups excluding carboxylic acids is 1. The normalized spacial score (nSPS) is 28.1. The van der Waals surface area contributed by atoms with Gasteiger partial charge in [-0.1, -0.05) is 36.4 Å². The van der Waals surface area contributed by atoms with Crippen molar-refractivity contribution >= 4 is 5.97 Å². The minimum absolute atomic E-state index is 0.0446. The van der Waals surface area contributed by atoms with Gasteiger partial charge in [0.25, 0.3) is 0 Å². The number of nitrogens with zero attached hydrogens (tertiary/aromatic N) is 1. The zero-order valence-corrected chi connectivity index (χ0v) is 10.9.